The molecule has 7 heteroatoms. The van der Waals surface area contributed by atoms with Gasteiger partial charge in [0, 0.05) is 31.7 Å². The fourth-order valence-corrected chi connectivity index (χ4v) is 3.25. The Morgan fingerprint density at radius 2 is 2.04 bits per heavy atom. The molecule has 1 saturated heterocycles. The van der Waals surface area contributed by atoms with Crippen molar-refractivity contribution in [2.24, 2.45) is 4.99 Å². The van der Waals surface area contributed by atoms with Crippen LogP contribution in [0.25, 0.3) is 11.5 Å². The lowest BCUT2D eigenvalue weighted by Gasteiger charge is -2.29. The number of aliphatic imine (C=N–C) groups is 1. The first kappa shape index (κ1) is 20.4. The van der Waals surface area contributed by atoms with Gasteiger partial charge in [-0.15, -0.1) is 0 Å². The number of aliphatic hydroxyl groups is 1. The fraction of sp³-hybridized carbons (Fsp3) is 0.524. The Kier molecular flexibility index (Phi) is 7.87. The van der Waals surface area contributed by atoms with Crippen molar-refractivity contribution in [3.63, 3.8) is 0 Å². The van der Waals surface area contributed by atoms with Crippen molar-refractivity contribution < 1.29 is 9.52 Å². The van der Waals surface area contributed by atoms with Crippen LogP contribution in [0.4, 0.5) is 0 Å². The Bertz CT molecular complexity index is 723. The van der Waals surface area contributed by atoms with Gasteiger partial charge in [0.25, 0.3) is 0 Å². The number of nitrogens with zero attached hydrogens (tertiary/aromatic N) is 3. The molecule has 0 radical (unpaired) electrons. The van der Waals surface area contributed by atoms with Crippen LogP contribution in [0.5, 0.6) is 0 Å². The molecule has 0 bridgehead atoms. The Balaban J connectivity index is 1.44. The van der Waals surface area contributed by atoms with Gasteiger partial charge in [0.2, 0.25) is 5.89 Å². The summed E-state index contributed by atoms with van der Waals surface area (Å²) in [5.74, 6) is 1.41. The second kappa shape index (κ2) is 10.8. The van der Waals surface area contributed by atoms with Crippen molar-refractivity contribution >= 4 is 5.96 Å². The van der Waals surface area contributed by atoms with E-state index in [-0.39, 0.29) is 6.10 Å². The molecule has 3 N–H and O–H groups in total. The maximum atomic E-state index is 9.57. The van der Waals surface area contributed by atoms with Crippen LogP contribution in [0.2, 0.25) is 0 Å². The molecule has 1 fully saturated rings. The lowest BCUT2D eigenvalue weighted by Crippen LogP contribution is -2.40. The number of oxazole rings is 1. The van der Waals surface area contributed by atoms with Gasteiger partial charge in [-0.2, -0.15) is 0 Å². The van der Waals surface area contributed by atoms with E-state index in [1.807, 2.05) is 30.3 Å². The van der Waals surface area contributed by atoms with Crippen LogP contribution in [0.15, 0.2) is 46.0 Å². The van der Waals surface area contributed by atoms with E-state index in [0.29, 0.717) is 12.4 Å². The highest BCUT2D eigenvalue weighted by molar-refractivity contribution is 5.79. The molecule has 0 atom stereocenters. The van der Waals surface area contributed by atoms with E-state index in [0.717, 1.165) is 69.2 Å². The number of likely N-dealkylation sites (tertiary alicyclic amines) is 1. The van der Waals surface area contributed by atoms with Crippen molar-refractivity contribution in [1.82, 2.24) is 20.5 Å². The Morgan fingerprint density at radius 1 is 1.25 bits per heavy atom. The highest BCUT2D eigenvalue weighted by Crippen LogP contribution is 2.18. The van der Waals surface area contributed by atoms with Gasteiger partial charge in [0.15, 0.2) is 5.96 Å². The van der Waals surface area contributed by atoms with Gasteiger partial charge in [0.05, 0.1) is 12.6 Å². The van der Waals surface area contributed by atoms with E-state index in [2.05, 4.69) is 32.4 Å². The zero-order chi connectivity index (χ0) is 19.6. The highest BCUT2D eigenvalue weighted by Gasteiger charge is 2.16. The average molecular weight is 386 g/mol. The van der Waals surface area contributed by atoms with Gasteiger partial charge in [0.1, 0.15) is 12.0 Å². The smallest absolute Gasteiger partial charge is 0.226 e. The van der Waals surface area contributed by atoms with Gasteiger partial charge in [-0.3, -0.25) is 0 Å². The molecule has 1 aromatic heterocycles. The van der Waals surface area contributed by atoms with Crippen LogP contribution in [-0.2, 0) is 6.54 Å². The van der Waals surface area contributed by atoms with Crippen molar-refractivity contribution in [3.8, 4) is 11.5 Å². The third-order valence-electron chi connectivity index (χ3n) is 4.82. The van der Waals surface area contributed by atoms with E-state index < -0.39 is 0 Å². The lowest BCUT2D eigenvalue weighted by atomic mass is 10.1. The number of hydrogen-bond acceptors (Lipinski definition) is 5. The van der Waals surface area contributed by atoms with Crippen molar-refractivity contribution in [1.29, 1.82) is 0 Å². The summed E-state index contributed by atoms with van der Waals surface area (Å²) in [6, 6.07) is 9.87. The number of nitrogens with one attached hydrogen (secondary N) is 2. The molecule has 0 aliphatic carbocycles. The molecule has 7 nitrogen and oxygen atoms in total. The van der Waals surface area contributed by atoms with Gasteiger partial charge < -0.3 is 25.1 Å². The Labute approximate surface area is 166 Å². The van der Waals surface area contributed by atoms with Gasteiger partial charge >= 0.3 is 0 Å². The summed E-state index contributed by atoms with van der Waals surface area (Å²) in [7, 11) is 0. The monoisotopic (exact) mass is 385 g/mol. The molecule has 2 heterocycles. The van der Waals surface area contributed by atoms with E-state index in [9.17, 15) is 5.11 Å². The molecule has 1 aromatic carbocycles. The number of rotatable bonds is 8. The summed E-state index contributed by atoms with van der Waals surface area (Å²) in [6.45, 7) is 7.22. The molecule has 28 heavy (non-hydrogen) atoms. The molecule has 0 saturated carbocycles. The minimum Gasteiger partial charge on any atom is -0.444 e. The number of aliphatic hydroxyl groups excluding tert-OH is 1. The maximum absolute atomic E-state index is 9.57. The van der Waals surface area contributed by atoms with Crippen LogP contribution < -0.4 is 10.6 Å². The van der Waals surface area contributed by atoms with Crippen LogP contribution in [0.1, 0.15) is 31.9 Å². The summed E-state index contributed by atoms with van der Waals surface area (Å²) in [5, 5.41) is 16.2. The molecule has 1 aliphatic heterocycles. The second-order valence-corrected chi connectivity index (χ2v) is 7.06. The zero-order valence-corrected chi connectivity index (χ0v) is 16.6. The Hall–Kier alpha value is -2.38. The van der Waals surface area contributed by atoms with Crippen LogP contribution in [0, 0.1) is 0 Å². The number of hydrogen-bond donors (Lipinski definition) is 3. The van der Waals surface area contributed by atoms with Crippen LogP contribution in [0.3, 0.4) is 0 Å². The van der Waals surface area contributed by atoms with E-state index in [1.165, 1.54) is 0 Å². The minimum absolute atomic E-state index is 0.110. The maximum Gasteiger partial charge on any atom is 0.226 e. The topological polar surface area (TPSA) is 85.9 Å². The second-order valence-electron chi connectivity index (χ2n) is 7.06. The van der Waals surface area contributed by atoms with Crippen molar-refractivity contribution in [2.45, 2.75) is 38.8 Å². The zero-order valence-electron chi connectivity index (χ0n) is 16.6. The van der Waals surface area contributed by atoms with Gasteiger partial charge in [-0.1, -0.05) is 18.2 Å². The number of guanidine groups is 1. The quantitative estimate of drug-likeness (QED) is 0.367. The fourth-order valence-electron chi connectivity index (χ4n) is 3.25. The third kappa shape index (κ3) is 6.35. The van der Waals surface area contributed by atoms with E-state index in [4.69, 9.17) is 4.42 Å². The molecular weight excluding hydrogens is 354 g/mol. The Morgan fingerprint density at radius 3 is 2.79 bits per heavy atom. The summed E-state index contributed by atoms with van der Waals surface area (Å²) in [5.41, 5.74) is 1.77. The molecular formula is C21H31N5O2. The van der Waals surface area contributed by atoms with Gasteiger partial charge in [-0.05, 0) is 44.9 Å². The molecule has 0 spiro atoms. The molecule has 1 aliphatic rings. The van der Waals surface area contributed by atoms with E-state index in [1.54, 1.807) is 6.26 Å². The largest absolute Gasteiger partial charge is 0.444 e. The standard InChI is InChI=1S/C21H31N5O2/c1-2-22-21(23-11-6-12-26-13-9-19(27)10-14-26)24-15-18-16-28-20(25-18)17-7-4-3-5-8-17/h3-5,7-8,16,19,27H,2,6,9-15H2,1H3,(H2,22,23,24). The van der Waals surface area contributed by atoms with Crippen LogP contribution in [-0.4, -0.2) is 59.8 Å². The predicted octanol–water partition coefficient (Wildman–Crippen LogP) is 2.24. The summed E-state index contributed by atoms with van der Waals surface area (Å²) >= 11 is 0. The summed E-state index contributed by atoms with van der Waals surface area (Å²) in [4.78, 5) is 11.5. The van der Waals surface area contributed by atoms with Crippen molar-refractivity contribution in [2.75, 3.05) is 32.7 Å². The number of piperidine rings is 1. The number of aromatic nitrogens is 1. The third-order valence-corrected chi connectivity index (χ3v) is 4.82. The lowest BCUT2D eigenvalue weighted by molar-refractivity contribution is 0.0823. The molecule has 0 amide bonds. The normalized spacial score (nSPS) is 16.3. The molecule has 152 valence electrons. The molecule has 0 unspecified atom stereocenters. The van der Waals surface area contributed by atoms with Gasteiger partial charge in [-0.25, -0.2) is 9.98 Å². The molecule has 3 rings (SSSR count). The predicted molar refractivity (Wildman–Crippen MR) is 111 cm³/mol. The first-order valence-electron chi connectivity index (χ1n) is 10.2. The van der Waals surface area contributed by atoms with Crippen molar-refractivity contribution in [3.05, 3.63) is 42.3 Å². The summed E-state index contributed by atoms with van der Waals surface area (Å²) in [6.07, 6.45) is 4.38. The minimum atomic E-state index is -0.110. The average Bonchev–Trinajstić information content (AvgIpc) is 3.20. The summed E-state index contributed by atoms with van der Waals surface area (Å²) < 4.78 is 5.57. The SMILES string of the molecule is CCNC(=NCc1coc(-c2ccccc2)n1)NCCCN1CCC(O)CC1. The number of benzene rings is 1. The first-order chi connectivity index (χ1) is 13.7. The highest BCUT2D eigenvalue weighted by atomic mass is 16.3. The first-order valence-corrected chi connectivity index (χ1v) is 10.2. The molecule has 2 aromatic rings. The van der Waals surface area contributed by atoms with Crippen LogP contribution >= 0.6 is 0 Å². The van der Waals surface area contributed by atoms with E-state index >= 15 is 0 Å².